The van der Waals surface area contributed by atoms with Gasteiger partial charge in [0.05, 0.1) is 12.0 Å². The van der Waals surface area contributed by atoms with Crippen LogP contribution in [0.3, 0.4) is 0 Å². The van der Waals surface area contributed by atoms with Crippen molar-refractivity contribution in [2.75, 3.05) is 0 Å². The highest BCUT2D eigenvalue weighted by Crippen LogP contribution is 2.72. The number of carbonyl (C=O) groups is 4. The number of aromatic nitrogens is 2. The van der Waals surface area contributed by atoms with Crippen molar-refractivity contribution in [3.8, 4) is 0 Å². The summed E-state index contributed by atoms with van der Waals surface area (Å²) < 4.78 is 7.92. The summed E-state index contributed by atoms with van der Waals surface area (Å²) in [7, 11) is 1.83. The van der Waals surface area contributed by atoms with Gasteiger partial charge in [-0.15, -0.1) is 0 Å². The van der Waals surface area contributed by atoms with Crippen LogP contribution in [0.15, 0.2) is 23.5 Å². The maximum absolute atomic E-state index is 13.8. The van der Waals surface area contributed by atoms with Crippen molar-refractivity contribution in [1.29, 1.82) is 0 Å². The van der Waals surface area contributed by atoms with Crippen molar-refractivity contribution < 1.29 is 23.9 Å². The third-order valence-electron chi connectivity index (χ3n) is 14.1. The monoisotopic (exact) mass is 647 g/mol. The SMILES string of the molecule is CC(C)C1=C2C3CCC4C(C)(CCC5C(C)(C)C(OC(=O)CC(C)(C)C=O)CCC54C)C3CCC2(NC(=O)c2nccn2C)CC1=O. The van der Waals surface area contributed by atoms with Gasteiger partial charge < -0.3 is 19.4 Å². The van der Waals surface area contributed by atoms with Gasteiger partial charge in [0.2, 0.25) is 0 Å². The normalized spacial score (nSPS) is 37.8. The summed E-state index contributed by atoms with van der Waals surface area (Å²) in [5, 5.41) is 3.41. The molecule has 0 aromatic carbocycles. The number of amides is 1. The van der Waals surface area contributed by atoms with Crippen LogP contribution in [-0.4, -0.2) is 45.1 Å². The Balaban J connectivity index is 1.28. The highest BCUT2D eigenvalue weighted by Gasteiger charge is 2.67. The number of aldehydes is 1. The second-order valence-electron chi connectivity index (χ2n) is 18.1. The molecule has 1 aromatic rings. The van der Waals surface area contributed by atoms with Gasteiger partial charge >= 0.3 is 5.97 Å². The number of nitrogens with zero attached hydrogens (tertiary/aromatic N) is 2. The number of rotatable bonds is 7. The van der Waals surface area contributed by atoms with Crippen LogP contribution in [0.1, 0.15) is 130 Å². The second kappa shape index (κ2) is 11.4. The molecular formula is C39H57N3O5. The Kier molecular flexibility index (Phi) is 8.27. The number of hydrogen-bond acceptors (Lipinski definition) is 6. The molecule has 4 fully saturated rings. The molecule has 258 valence electrons. The molecule has 0 bridgehead atoms. The standard InChI is InChI=1S/C39H57N3O5/c1-23(2)31-26(44)20-39(41-34(46)33-40-18-19-42(33)9)17-12-25-24(32(31)39)10-11-28-37(25,7)15-13-27-36(5,6)29(14-16-38(27,28)8)47-30(45)21-35(3,4)22-43/h18-19,22-25,27-29H,10-17,20-21H2,1-9H3,(H,41,46). The zero-order valence-corrected chi connectivity index (χ0v) is 30.2. The van der Waals surface area contributed by atoms with E-state index in [1.54, 1.807) is 30.8 Å². The molecule has 6 rings (SSSR count). The van der Waals surface area contributed by atoms with Crippen LogP contribution < -0.4 is 5.32 Å². The Morgan fingerprint density at radius 3 is 2.38 bits per heavy atom. The minimum atomic E-state index is -0.719. The Labute approximate surface area is 281 Å². The molecule has 1 N–H and O–H groups in total. The molecule has 8 atom stereocenters. The van der Waals surface area contributed by atoms with Gasteiger partial charge in [-0.05, 0) is 103 Å². The van der Waals surface area contributed by atoms with Crippen molar-refractivity contribution in [3.63, 3.8) is 0 Å². The molecule has 0 aliphatic heterocycles. The molecule has 0 radical (unpaired) electrons. The molecular weight excluding hydrogens is 590 g/mol. The van der Waals surface area contributed by atoms with Gasteiger partial charge in [0.15, 0.2) is 11.6 Å². The number of hydrogen-bond donors (Lipinski definition) is 1. The quantitative estimate of drug-likeness (QED) is 0.252. The summed E-state index contributed by atoms with van der Waals surface area (Å²) in [6.07, 6.45) is 12.6. The lowest BCUT2D eigenvalue weighted by Crippen LogP contribution is -2.64. The van der Waals surface area contributed by atoms with Crippen LogP contribution in [0.4, 0.5) is 0 Å². The van der Waals surface area contributed by atoms with Gasteiger partial charge in [-0.25, -0.2) is 4.98 Å². The zero-order chi connectivity index (χ0) is 34.3. The Hall–Kier alpha value is -2.77. The predicted molar refractivity (Wildman–Crippen MR) is 180 cm³/mol. The van der Waals surface area contributed by atoms with E-state index in [-0.39, 0.29) is 58.3 Å². The van der Waals surface area contributed by atoms with Crippen molar-refractivity contribution in [2.24, 2.45) is 58.3 Å². The Morgan fingerprint density at radius 1 is 1.04 bits per heavy atom. The average molecular weight is 648 g/mol. The van der Waals surface area contributed by atoms with Gasteiger partial charge in [0.1, 0.15) is 12.4 Å². The number of imidazole rings is 1. The first kappa shape index (κ1) is 34.1. The van der Waals surface area contributed by atoms with Crippen molar-refractivity contribution in [1.82, 2.24) is 14.9 Å². The molecule has 5 aliphatic carbocycles. The van der Waals surface area contributed by atoms with Crippen LogP contribution in [0, 0.1) is 51.2 Å². The Bertz CT molecular complexity index is 1500. The Morgan fingerprint density at radius 2 is 1.74 bits per heavy atom. The number of aryl methyl sites for hydroxylation is 1. The first-order chi connectivity index (χ1) is 21.9. The lowest BCUT2D eigenvalue weighted by atomic mass is 9.37. The molecule has 1 heterocycles. The van der Waals surface area contributed by atoms with Crippen LogP contribution in [0.25, 0.3) is 0 Å². The van der Waals surface area contributed by atoms with E-state index in [1.807, 2.05) is 7.05 Å². The van der Waals surface area contributed by atoms with Crippen molar-refractivity contribution >= 4 is 23.9 Å². The van der Waals surface area contributed by atoms with Crippen LogP contribution in [0.5, 0.6) is 0 Å². The first-order valence-corrected chi connectivity index (χ1v) is 18.1. The lowest BCUT2D eigenvalue weighted by molar-refractivity contribution is -0.213. The summed E-state index contributed by atoms with van der Waals surface area (Å²) in [5.41, 5.74) is 0.915. The first-order valence-electron chi connectivity index (χ1n) is 18.1. The molecule has 47 heavy (non-hydrogen) atoms. The summed E-state index contributed by atoms with van der Waals surface area (Å²) >= 11 is 0. The molecule has 4 saturated carbocycles. The number of carbonyl (C=O) groups excluding carboxylic acids is 4. The zero-order valence-electron chi connectivity index (χ0n) is 30.2. The van der Waals surface area contributed by atoms with Gasteiger partial charge in [-0.2, -0.15) is 0 Å². The summed E-state index contributed by atoms with van der Waals surface area (Å²) in [5.74, 6) is 1.91. The molecule has 1 amide bonds. The maximum Gasteiger partial charge on any atom is 0.307 e. The van der Waals surface area contributed by atoms with Gasteiger partial charge in [0.25, 0.3) is 5.91 Å². The van der Waals surface area contributed by atoms with E-state index < -0.39 is 11.0 Å². The minimum absolute atomic E-state index is 0.106. The number of esters is 1. The van der Waals surface area contributed by atoms with Crippen molar-refractivity contribution in [2.45, 2.75) is 131 Å². The molecule has 8 unspecified atom stereocenters. The smallest absolute Gasteiger partial charge is 0.307 e. The van der Waals surface area contributed by atoms with Gasteiger partial charge in [-0.1, -0.05) is 55.4 Å². The highest BCUT2D eigenvalue weighted by atomic mass is 16.5. The number of Topliss-reactive ketones (excluding diaryl/α,β-unsaturated/α-hetero) is 1. The van der Waals surface area contributed by atoms with Crippen LogP contribution >= 0.6 is 0 Å². The fraction of sp³-hybridized carbons (Fsp3) is 0.769. The van der Waals surface area contributed by atoms with E-state index >= 15 is 0 Å². The van der Waals surface area contributed by atoms with Gasteiger partial charge in [0, 0.05) is 36.7 Å². The predicted octanol–water partition coefficient (Wildman–Crippen LogP) is 7.02. The van der Waals surface area contributed by atoms with E-state index in [0.717, 1.165) is 63.2 Å². The number of nitrogens with one attached hydrogen (secondary N) is 1. The number of allylic oxidation sites excluding steroid dienone is 1. The molecule has 1 aromatic heterocycles. The summed E-state index contributed by atoms with van der Waals surface area (Å²) in [6.45, 7) is 17.5. The summed E-state index contributed by atoms with van der Waals surface area (Å²) in [4.78, 5) is 56.2. The van der Waals surface area contributed by atoms with E-state index in [9.17, 15) is 19.2 Å². The summed E-state index contributed by atoms with van der Waals surface area (Å²) in [6, 6.07) is 0. The molecule has 0 saturated heterocycles. The molecule has 0 spiro atoms. The number of fused-ring (bicyclic) bond motifs is 7. The largest absolute Gasteiger partial charge is 0.462 e. The topological polar surface area (TPSA) is 107 Å². The third kappa shape index (κ3) is 5.26. The minimum Gasteiger partial charge on any atom is -0.462 e. The molecule has 8 nitrogen and oxygen atoms in total. The number of ether oxygens (including phenoxy) is 1. The second-order valence-corrected chi connectivity index (χ2v) is 18.1. The average Bonchev–Trinajstić information content (AvgIpc) is 3.54. The van der Waals surface area contributed by atoms with Gasteiger partial charge in [-0.3, -0.25) is 14.4 Å². The third-order valence-corrected chi connectivity index (χ3v) is 14.1. The molecule has 5 aliphatic rings. The van der Waals surface area contributed by atoms with Crippen LogP contribution in [0.2, 0.25) is 0 Å². The van der Waals surface area contributed by atoms with E-state index in [0.29, 0.717) is 30.0 Å². The van der Waals surface area contributed by atoms with E-state index in [2.05, 4.69) is 51.8 Å². The molecule has 8 heteroatoms. The van der Waals surface area contributed by atoms with E-state index in [1.165, 1.54) is 5.57 Å². The fourth-order valence-electron chi connectivity index (χ4n) is 12.1. The van der Waals surface area contributed by atoms with Crippen LogP contribution in [-0.2, 0) is 26.2 Å². The van der Waals surface area contributed by atoms with E-state index in [4.69, 9.17) is 4.74 Å². The fourth-order valence-corrected chi connectivity index (χ4v) is 12.1. The number of ketones is 1. The highest BCUT2D eigenvalue weighted by molar-refractivity contribution is 6.03. The lowest BCUT2D eigenvalue weighted by Gasteiger charge is -2.68. The van der Waals surface area contributed by atoms with Crippen molar-refractivity contribution in [3.05, 3.63) is 29.4 Å². The maximum atomic E-state index is 13.8.